The number of aryl methyl sites for hydroxylation is 2. The van der Waals surface area contributed by atoms with Gasteiger partial charge < -0.3 is 20.7 Å². The highest BCUT2D eigenvalue weighted by Crippen LogP contribution is 2.13. The number of rotatable bonds is 3. The SMILES string of the molecule is Cc1cc(C)cc(NC(N)=NCC(=O)N2CCOCC2)c1. The molecule has 1 aromatic carbocycles. The van der Waals surface area contributed by atoms with Crippen molar-refractivity contribution in [2.75, 3.05) is 38.2 Å². The summed E-state index contributed by atoms with van der Waals surface area (Å²) in [5, 5.41) is 3.01. The fourth-order valence-electron chi connectivity index (χ4n) is 2.30. The first kappa shape index (κ1) is 15.3. The van der Waals surface area contributed by atoms with E-state index in [1.807, 2.05) is 26.0 Å². The summed E-state index contributed by atoms with van der Waals surface area (Å²) in [6.45, 7) is 6.53. The minimum atomic E-state index is -0.0246. The Kier molecular flexibility index (Phi) is 5.16. The normalized spacial score (nSPS) is 15.9. The Hall–Kier alpha value is -2.08. The van der Waals surface area contributed by atoms with Crippen molar-refractivity contribution in [3.05, 3.63) is 29.3 Å². The Morgan fingerprint density at radius 2 is 1.90 bits per heavy atom. The van der Waals surface area contributed by atoms with Gasteiger partial charge in [-0.25, -0.2) is 4.99 Å². The molecule has 0 radical (unpaired) electrons. The van der Waals surface area contributed by atoms with E-state index in [1.165, 1.54) is 0 Å². The van der Waals surface area contributed by atoms with E-state index in [2.05, 4.69) is 16.4 Å². The lowest BCUT2D eigenvalue weighted by atomic mass is 10.1. The van der Waals surface area contributed by atoms with Crippen LogP contribution < -0.4 is 11.1 Å². The van der Waals surface area contributed by atoms with Crippen molar-refractivity contribution in [1.82, 2.24) is 4.90 Å². The molecular formula is C15H22N4O2. The number of morpholine rings is 1. The molecule has 0 aliphatic carbocycles. The van der Waals surface area contributed by atoms with Crippen molar-refractivity contribution in [3.8, 4) is 0 Å². The van der Waals surface area contributed by atoms with Gasteiger partial charge in [0.1, 0.15) is 6.54 Å². The summed E-state index contributed by atoms with van der Waals surface area (Å²) in [6.07, 6.45) is 0. The lowest BCUT2D eigenvalue weighted by molar-refractivity contribution is -0.133. The molecule has 0 spiro atoms. The summed E-state index contributed by atoms with van der Waals surface area (Å²) in [5.41, 5.74) is 9.00. The zero-order valence-electron chi connectivity index (χ0n) is 12.6. The van der Waals surface area contributed by atoms with Crippen molar-refractivity contribution in [2.45, 2.75) is 13.8 Å². The van der Waals surface area contributed by atoms with Crippen LogP contribution in [0.2, 0.25) is 0 Å². The van der Waals surface area contributed by atoms with E-state index < -0.39 is 0 Å². The quantitative estimate of drug-likeness (QED) is 0.640. The minimum Gasteiger partial charge on any atom is -0.378 e. The number of carbonyl (C=O) groups excluding carboxylic acids is 1. The summed E-state index contributed by atoms with van der Waals surface area (Å²) >= 11 is 0. The molecule has 0 saturated carbocycles. The standard InChI is InChI=1S/C15H22N4O2/c1-11-7-12(2)9-13(8-11)18-15(16)17-10-14(20)19-3-5-21-6-4-19/h7-9H,3-6,10H2,1-2H3,(H3,16,17,18). The van der Waals surface area contributed by atoms with E-state index in [9.17, 15) is 4.79 Å². The zero-order valence-corrected chi connectivity index (χ0v) is 12.6. The lowest BCUT2D eigenvalue weighted by Crippen LogP contribution is -2.42. The summed E-state index contributed by atoms with van der Waals surface area (Å²) in [4.78, 5) is 17.8. The zero-order chi connectivity index (χ0) is 15.2. The highest BCUT2D eigenvalue weighted by Gasteiger charge is 2.16. The maximum Gasteiger partial charge on any atom is 0.244 e. The van der Waals surface area contributed by atoms with Crippen LogP contribution in [0.4, 0.5) is 5.69 Å². The minimum absolute atomic E-state index is 0.0246. The molecule has 114 valence electrons. The summed E-state index contributed by atoms with van der Waals surface area (Å²) < 4.78 is 5.21. The molecule has 1 fully saturated rings. The van der Waals surface area contributed by atoms with Crippen LogP contribution in [0.15, 0.2) is 23.2 Å². The van der Waals surface area contributed by atoms with Gasteiger partial charge >= 0.3 is 0 Å². The van der Waals surface area contributed by atoms with Crippen LogP contribution in [-0.4, -0.2) is 49.6 Å². The first-order valence-corrected chi connectivity index (χ1v) is 7.05. The van der Waals surface area contributed by atoms with Gasteiger partial charge in [0.25, 0.3) is 0 Å². The van der Waals surface area contributed by atoms with E-state index in [4.69, 9.17) is 10.5 Å². The molecular weight excluding hydrogens is 268 g/mol. The smallest absolute Gasteiger partial charge is 0.244 e. The second kappa shape index (κ2) is 7.08. The van der Waals surface area contributed by atoms with Crippen molar-refractivity contribution >= 4 is 17.6 Å². The van der Waals surface area contributed by atoms with Crippen molar-refractivity contribution in [1.29, 1.82) is 0 Å². The molecule has 1 amide bonds. The number of ether oxygens (including phenoxy) is 1. The second-order valence-corrected chi connectivity index (χ2v) is 5.20. The third-order valence-corrected chi connectivity index (χ3v) is 3.24. The van der Waals surface area contributed by atoms with E-state index >= 15 is 0 Å². The number of anilines is 1. The van der Waals surface area contributed by atoms with Gasteiger partial charge in [0.15, 0.2) is 5.96 Å². The van der Waals surface area contributed by atoms with Gasteiger partial charge in [-0.2, -0.15) is 0 Å². The predicted octanol–water partition coefficient (Wildman–Crippen LogP) is 0.889. The van der Waals surface area contributed by atoms with Gasteiger partial charge in [-0.1, -0.05) is 6.07 Å². The maximum atomic E-state index is 11.9. The molecule has 0 atom stereocenters. The van der Waals surface area contributed by atoms with Crippen LogP contribution in [0.25, 0.3) is 0 Å². The molecule has 1 aliphatic heterocycles. The molecule has 1 heterocycles. The fraction of sp³-hybridized carbons (Fsp3) is 0.467. The fourth-order valence-corrected chi connectivity index (χ4v) is 2.30. The van der Waals surface area contributed by atoms with Crippen LogP contribution in [-0.2, 0) is 9.53 Å². The van der Waals surface area contributed by atoms with Gasteiger partial charge in [-0.05, 0) is 37.1 Å². The Morgan fingerprint density at radius 3 is 2.52 bits per heavy atom. The van der Waals surface area contributed by atoms with Crippen molar-refractivity contribution in [3.63, 3.8) is 0 Å². The number of nitrogens with two attached hydrogens (primary N) is 1. The summed E-state index contributed by atoms with van der Waals surface area (Å²) in [7, 11) is 0. The summed E-state index contributed by atoms with van der Waals surface area (Å²) in [5.74, 6) is 0.227. The van der Waals surface area contributed by atoms with Crippen LogP contribution in [0, 0.1) is 13.8 Å². The molecule has 1 aliphatic rings. The Bertz CT molecular complexity index is 516. The van der Waals surface area contributed by atoms with Gasteiger partial charge in [-0.3, -0.25) is 4.79 Å². The molecule has 1 aromatic rings. The first-order chi connectivity index (χ1) is 10.0. The van der Waals surface area contributed by atoms with Crippen LogP contribution >= 0.6 is 0 Å². The highest BCUT2D eigenvalue weighted by atomic mass is 16.5. The van der Waals surface area contributed by atoms with Crippen LogP contribution in [0.5, 0.6) is 0 Å². The Morgan fingerprint density at radius 1 is 1.29 bits per heavy atom. The topological polar surface area (TPSA) is 79.9 Å². The third kappa shape index (κ3) is 4.75. The predicted molar refractivity (Wildman–Crippen MR) is 83.4 cm³/mol. The van der Waals surface area contributed by atoms with E-state index in [0.717, 1.165) is 16.8 Å². The molecule has 0 unspecified atom stereocenters. The van der Waals surface area contributed by atoms with Gasteiger partial charge in [0.05, 0.1) is 13.2 Å². The van der Waals surface area contributed by atoms with Gasteiger partial charge in [0.2, 0.25) is 5.91 Å². The molecule has 3 N–H and O–H groups in total. The largest absolute Gasteiger partial charge is 0.378 e. The monoisotopic (exact) mass is 290 g/mol. The number of guanidine groups is 1. The van der Waals surface area contributed by atoms with E-state index in [0.29, 0.717) is 26.3 Å². The molecule has 1 saturated heterocycles. The van der Waals surface area contributed by atoms with E-state index in [1.54, 1.807) is 4.90 Å². The molecule has 6 heteroatoms. The molecule has 6 nitrogen and oxygen atoms in total. The molecule has 21 heavy (non-hydrogen) atoms. The number of nitrogens with one attached hydrogen (secondary N) is 1. The molecule has 0 bridgehead atoms. The van der Waals surface area contributed by atoms with Gasteiger partial charge in [-0.15, -0.1) is 0 Å². The first-order valence-electron chi connectivity index (χ1n) is 7.05. The second-order valence-electron chi connectivity index (χ2n) is 5.20. The van der Waals surface area contributed by atoms with Crippen molar-refractivity contribution in [2.24, 2.45) is 10.7 Å². The Balaban J connectivity index is 1.89. The number of amides is 1. The maximum absolute atomic E-state index is 11.9. The van der Waals surface area contributed by atoms with Crippen LogP contribution in [0.3, 0.4) is 0 Å². The number of carbonyl (C=O) groups is 1. The average molecular weight is 290 g/mol. The van der Waals surface area contributed by atoms with Gasteiger partial charge in [0, 0.05) is 18.8 Å². The van der Waals surface area contributed by atoms with E-state index in [-0.39, 0.29) is 18.4 Å². The van der Waals surface area contributed by atoms with Crippen molar-refractivity contribution < 1.29 is 9.53 Å². The number of hydrogen-bond acceptors (Lipinski definition) is 3. The number of benzene rings is 1. The van der Waals surface area contributed by atoms with Crippen LogP contribution in [0.1, 0.15) is 11.1 Å². The number of nitrogens with zero attached hydrogens (tertiary/aromatic N) is 2. The highest BCUT2D eigenvalue weighted by molar-refractivity contribution is 5.94. The Labute approximate surface area is 125 Å². The summed E-state index contributed by atoms with van der Waals surface area (Å²) in [6, 6.07) is 6.05. The molecule has 0 aromatic heterocycles. The molecule has 2 rings (SSSR count). The number of aliphatic imine (C=N–C) groups is 1. The lowest BCUT2D eigenvalue weighted by Gasteiger charge is -2.26. The number of hydrogen-bond donors (Lipinski definition) is 2. The third-order valence-electron chi connectivity index (χ3n) is 3.24. The average Bonchev–Trinajstić information content (AvgIpc) is 2.44.